The molecule has 1 aliphatic rings. The van der Waals surface area contributed by atoms with Crippen LogP contribution < -0.4 is 9.64 Å². The number of carbonyl (C=O) groups excluding carboxylic acids is 2. The molecule has 1 aliphatic heterocycles. The maximum absolute atomic E-state index is 13.3. The summed E-state index contributed by atoms with van der Waals surface area (Å²) in [5.74, 6) is -0.252. The van der Waals surface area contributed by atoms with E-state index in [0.29, 0.717) is 18.0 Å². The molecule has 0 amide bonds. The number of rotatable bonds is 6. The van der Waals surface area contributed by atoms with Crippen LogP contribution in [0.15, 0.2) is 89.8 Å². The highest BCUT2D eigenvalue weighted by Gasteiger charge is 2.38. The van der Waals surface area contributed by atoms with Gasteiger partial charge in [0.2, 0.25) is 5.78 Å². The lowest BCUT2D eigenvalue weighted by atomic mass is 10.1. The van der Waals surface area contributed by atoms with Gasteiger partial charge >= 0.3 is 5.97 Å². The maximum Gasteiger partial charge on any atom is 0.343 e. The summed E-state index contributed by atoms with van der Waals surface area (Å²) in [7, 11) is 1.28. The molecule has 0 aliphatic carbocycles. The highest BCUT2D eigenvalue weighted by Crippen LogP contribution is 2.36. The predicted octanol–water partition coefficient (Wildman–Crippen LogP) is 5.76. The molecule has 0 unspecified atom stereocenters. The number of ether oxygens (including phenoxy) is 2. The van der Waals surface area contributed by atoms with Crippen molar-refractivity contribution in [1.29, 1.82) is 0 Å². The Kier molecular flexibility index (Phi) is 6.64. The number of carbonyl (C=O) groups is 2. The first-order valence-corrected chi connectivity index (χ1v) is 11.1. The molecule has 5 nitrogen and oxygen atoms in total. The number of hydrogen-bond acceptors (Lipinski definition) is 5. The molecule has 0 radical (unpaired) electrons. The zero-order valence-electron chi connectivity index (χ0n) is 19.8. The van der Waals surface area contributed by atoms with Crippen molar-refractivity contribution in [1.82, 2.24) is 0 Å². The summed E-state index contributed by atoms with van der Waals surface area (Å²) in [6.07, 6.45) is 1.79. The van der Waals surface area contributed by atoms with Crippen molar-refractivity contribution in [3.8, 4) is 5.75 Å². The Balaban J connectivity index is 1.66. The van der Waals surface area contributed by atoms with Crippen molar-refractivity contribution in [2.75, 3.05) is 12.0 Å². The van der Waals surface area contributed by atoms with Crippen LogP contribution in [-0.2, 0) is 20.9 Å². The minimum Gasteiger partial charge on any atom is -0.489 e. The number of allylic oxidation sites excluding steroid dienone is 2. The van der Waals surface area contributed by atoms with Crippen molar-refractivity contribution in [2.24, 2.45) is 0 Å². The zero-order chi connectivity index (χ0) is 24.2. The quantitative estimate of drug-likeness (QED) is 0.270. The molecule has 1 heterocycles. The smallest absolute Gasteiger partial charge is 0.343 e. The van der Waals surface area contributed by atoms with Crippen molar-refractivity contribution in [3.63, 3.8) is 0 Å². The minimum atomic E-state index is -0.634. The van der Waals surface area contributed by atoms with E-state index in [0.717, 1.165) is 33.7 Å². The molecule has 0 saturated heterocycles. The van der Waals surface area contributed by atoms with Crippen LogP contribution in [0, 0.1) is 13.8 Å². The van der Waals surface area contributed by atoms with Crippen LogP contribution in [-0.4, -0.2) is 18.9 Å². The number of methoxy groups -OCH3 is 1. The fourth-order valence-electron chi connectivity index (χ4n) is 4.13. The normalized spacial score (nSPS) is 14.6. The minimum absolute atomic E-state index is 0.0516. The highest BCUT2D eigenvalue weighted by molar-refractivity contribution is 6.30. The molecule has 0 fully saturated rings. The molecule has 0 spiro atoms. The van der Waals surface area contributed by atoms with Gasteiger partial charge in [-0.2, -0.15) is 0 Å². The van der Waals surface area contributed by atoms with Gasteiger partial charge in [0.05, 0.1) is 12.8 Å². The van der Waals surface area contributed by atoms with Gasteiger partial charge in [-0.05, 0) is 73.4 Å². The van der Waals surface area contributed by atoms with Gasteiger partial charge in [0, 0.05) is 11.4 Å². The molecular formula is C29H27NO4. The number of aryl methyl sites for hydroxylation is 2. The number of nitrogens with zero attached hydrogens (tertiary/aromatic N) is 1. The Bertz CT molecular complexity index is 1270. The van der Waals surface area contributed by atoms with Gasteiger partial charge < -0.3 is 14.4 Å². The van der Waals surface area contributed by atoms with E-state index in [-0.39, 0.29) is 11.4 Å². The molecular weight excluding hydrogens is 426 g/mol. The average Bonchev–Trinajstić information content (AvgIpc) is 3.07. The molecule has 4 rings (SSSR count). The van der Waals surface area contributed by atoms with Crippen LogP contribution in [0.25, 0.3) is 6.08 Å². The van der Waals surface area contributed by atoms with Gasteiger partial charge in [0.15, 0.2) is 0 Å². The number of esters is 1. The summed E-state index contributed by atoms with van der Waals surface area (Å²) in [6, 6.07) is 23.6. The first-order valence-electron chi connectivity index (χ1n) is 11.1. The van der Waals surface area contributed by atoms with Crippen LogP contribution >= 0.6 is 0 Å². The Morgan fingerprint density at radius 1 is 0.912 bits per heavy atom. The summed E-state index contributed by atoms with van der Waals surface area (Å²) >= 11 is 0. The third kappa shape index (κ3) is 4.79. The summed E-state index contributed by atoms with van der Waals surface area (Å²) in [5.41, 5.74) is 5.89. The van der Waals surface area contributed by atoms with Crippen molar-refractivity contribution in [3.05, 3.63) is 112 Å². The van der Waals surface area contributed by atoms with Gasteiger partial charge in [-0.1, -0.05) is 48.5 Å². The lowest BCUT2D eigenvalue weighted by molar-refractivity contribution is -0.137. The molecule has 0 aromatic heterocycles. The molecule has 34 heavy (non-hydrogen) atoms. The number of anilines is 1. The molecule has 0 saturated carbocycles. The second-order valence-electron chi connectivity index (χ2n) is 8.34. The van der Waals surface area contributed by atoms with Crippen LogP contribution in [0.5, 0.6) is 5.75 Å². The Labute approximate surface area is 199 Å². The second-order valence-corrected chi connectivity index (χ2v) is 8.34. The van der Waals surface area contributed by atoms with E-state index in [9.17, 15) is 9.59 Å². The largest absolute Gasteiger partial charge is 0.489 e. The van der Waals surface area contributed by atoms with Crippen LogP contribution in [0.4, 0.5) is 5.69 Å². The first-order chi connectivity index (χ1) is 16.4. The van der Waals surface area contributed by atoms with Gasteiger partial charge in [-0.15, -0.1) is 0 Å². The Morgan fingerprint density at radius 3 is 2.18 bits per heavy atom. The van der Waals surface area contributed by atoms with Gasteiger partial charge in [-0.25, -0.2) is 4.79 Å². The summed E-state index contributed by atoms with van der Waals surface area (Å²) < 4.78 is 10.8. The van der Waals surface area contributed by atoms with Crippen molar-refractivity contribution >= 4 is 23.5 Å². The summed E-state index contributed by atoms with van der Waals surface area (Å²) in [6.45, 7) is 6.26. The van der Waals surface area contributed by atoms with E-state index in [1.54, 1.807) is 13.0 Å². The summed E-state index contributed by atoms with van der Waals surface area (Å²) in [4.78, 5) is 27.5. The molecule has 0 bridgehead atoms. The topological polar surface area (TPSA) is 55.8 Å². The Hall–Kier alpha value is -4.12. The Morgan fingerprint density at radius 2 is 1.56 bits per heavy atom. The molecule has 0 atom stereocenters. The van der Waals surface area contributed by atoms with E-state index in [1.807, 2.05) is 85.5 Å². The van der Waals surface area contributed by atoms with Crippen molar-refractivity contribution < 1.29 is 19.1 Å². The number of Topliss-reactive ketones (excluding diaryl/α,β-unsaturated/α-hetero) is 1. The lowest BCUT2D eigenvalue weighted by Gasteiger charge is -2.22. The standard InChI is InChI=1S/C29H27NO4/c1-19-14-20(2)16-24(15-19)30-21(3)27(29(32)33-4)28(31)26(30)17-22-10-12-25(13-11-22)34-18-23-8-6-5-7-9-23/h5-17H,18H2,1-4H3. The van der Waals surface area contributed by atoms with Crippen LogP contribution in [0.3, 0.4) is 0 Å². The fraction of sp³-hybridized carbons (Fsp3) is 0.172. The van der Waals surface area contributed by atoms with E-state index < -0.39 is 5.97 Å². The van der Waals surface area contributed by atoms with Crippen molar-refractivity contribution in [2.45, 2.75) is 27.4 Å². The monoisotopic (exact) mass is 453 g/mol. The van der Waals surface area contributed by atoms with Gasteiger partial charge in [0.25, 0.3) is 0 Å². The number of ketones is 1. The van der Waals surface area contributed by atoms with Crippen LogP contribution in [0.2, 0.25) is 0 Å². The van der Waals surface area contributed by atoms with E-state index in [4.69, 9.17) is 9.47 Å². The average molecular weight is 454 g/mol. The van der Waals surface area contributed by atoms with E-state index >= 15 is 0 Å². The molecule has 3 aromatic rings. The molecule has 3 aromatic carbocycles. The maximum atomic E-state index is 13.3. The SMILES string of the molecule is COC(=O)C1=C(C)N(c2cc(C)cc(C)c2)C(=Cc2ccc(OCc3ccccc3)cc2)C1=O. The fourth-order valence-corrected chi connectivity index (χ4v) is 4.13. The summed E-state index contributed by atoms with van der Waals surface area (Å²) in [5, 5.41) is 0. The first kappa shape index (κ1) is 23.1. The number of benzene rings is 3. The van der Waals surface area contributed by atoms with E-state index in [1.165, 1.54) is 7.11 Å². The van der Waals surface area contributed by atoms with Gasteiger partial charge in [0.1, 0.15) is 17.9 Å². The second kappa shape index (κ2) is 9.79. The molecule has 0 N–H and O–H groups in total. The van der Waals surface area contributed by atoms with Gasteiger partial charge in [-0.3, -0.25) is 4.79 Å². The van der Waals surface area contributed by atoms with E-state index in [2.05, 4.69) is 6.07 Å². The third-order valence-corrected chi connectivity index (χ3v) is 5.68. The third-order valence-electron chi connectivity index (χ3n) is 5.68. The lowest BCUT2D eigenvalue weighted by Crippen LogP contribution is -2.18. The zero-order valence-corrected chi connectivity index (χ0v) is 19.8. The molecule has 5 heteroatoms. The van der Waals surface area contributed by atoms with Crippen LogP contribution in [0.1, 0.15) is 29.2 Å². The predicted molar refractivity (Wildman–Crippen MR) is 133 cm³/mol. The highest BCUT2D eigenvalue weighted by atomic mass is 16.5. The number of hydrogen-bond donors (Lipinski definition) is 0. The molecule has 172 valence electrons.